The Morgan fingerprint density at radius 2 is 1.57 bits per heavy atom. The highest BCUT2D eigenvalue weighted by atomic mass is 19.1. The van der Waals surface area contributed by atoms with E-state index in [1.807, 2.05) is 12.1 Å². The Bertz CT molecular complexity index is 1210. The summed E-state index contributed by atoms with van der Waals surface area (Å²) < 4.78 is 29.9. The Hall–Kier alpha value is -3.61. The number of halogens is 1. The first kappa shape index (κ1) is 17.8. The summed E-state index contributed by atoms with van der Waals surface area (Å²) in [5.74, 6) is 1.45. The zero-order valence-corrected chi connectivity index (χ0v) is 15.6. The first-order chi connectivity index (χ1) is 13.5. The lowest BCUT2D eigenvalue weighted by atomic mass is 10.0. The fourth-order valence-corrected chi connectivity index (χ4v) is 3.23. The number of ether oxygens (including phenoxy) is 3. The minimum atomic E-state index is -0.416. The standard InChI is InChI=1S/C21H18FN3O3/c1-26-13-5-11(4-12(22)6-13)17-7-14-15-8-19(27-2)20(28-3)9-18(15)24-10-16(14)21(23)25-17/h4-10H,1-3H3,(H2,23,25). The fraction of sp³-hybridized carbons (Fsp3) is 0.143. The van der Waals surface area contributed by atoms with Crippen molar-refractivity contribution in [1.29, 1.82) is 0 Å². The van der Waals surface area contributed by atoms with Crippen LogP contribution < -0.4 is 19.9 Å². The molecule has 2 N–H and O–H groups in total. The van der Waals surface area contributed by atoms with Gasteiger partial charge in [0, 0.05) is 34.7 Å². The average Bonchev–Trinajstić information content (AvgIpc) is 2.71. The maximum Gasteiger partial charge on any atom is 0.162 e. The highest BCUT2D eigenvalue weighted by Gasteiger charge is 2.14. The number of pyridine rings is 2. The van der Waals surface area contributed by atoms with Crippen LogP contribution in [0.5, 0.6) is 17.2 Å². The van der Waals surface area contributed by atoms with Crippen molar-refractivity contribution in [2.24, 2.45) is 0 Å². The maximum atomic E-state index is 14.0. The van der Waals surface area contributed by atoms with Crippen molar-refractivity contribution < 1.29 is 18.6 Å². The molecule has 0 unspecified atom stereocenters. The minimum Gasteiger partial charge on any atom is -0.497 e. The topological polar surface area (TPSA) is 79.5 Å². The van der Waals surface area contributed by atoms with E-state index in [4.69, 9.17) is 19.9 Å². The number of hydrogen-bond acceptors (Lipinski definition) is 6. The van der Waals surface area contributed by atoms with E-state index >= 15 is 0 Å². The van der Waals surface area contributed by atoms with Crippen LogP contribution >= 0.6 is 0 Å². The molecule has 0 aliphatic carbocycles. The highest BCUT2D eigenvalue weighted by molar-refractivity contribution is 6.10. The van der Waals surface area contributed by atoms with Crippen molar-refractivity contribution >= 4 is 27.5 Å². The molecule has 0 amide bonds. The predicted octanol–water partition coefficient (Wildman–Crippen LogP) is 4.20. The van der Waals surface area contributed by atoms with Crippen molar-refractivity contribution in [2.75, 3.05) is 27.1 Å². The summed E-state index contributed by atoms with van der Waals surface area (Å²) in [4.78, 5) is 8.89. The SMILES string of the molecule is COc1cc(F)cc(-c2cc3c(cnc4cc(OC)c(OC)cc43)c(N)n2)c1. The van der Waals surface area contributed by atoms with Crippen LogP contribution in [0.2, 0.25) is 0 Å². The highest BCUT2D eigenvalue weighted by Crippen LogP contribution is 2.37. The summed E-state index contributed by atoms with van der Waals surface area (Å²) in [6.07, 6.45) is 1.67. The number of nitrogens with zero attached hydrogens (tertiary/aromatic N) is 2. The molecule has 4 aromatic rings. The maximum absolute atomic E-state index is 14.0. The van der Waals surface area contributed by atoms with E-state index in [9.17, 15) is 4.39 Å². The second-order valence-electron chi connectivity index (χ2n) is 6.22. The molecule has 2 aromatic heterocycles. The fourth-order valence-electron chi connectivity index (χ4n) is 3.23. The number of nitrogen functional groups attached to an aromatic ring is 1. The third kappa shape index (κ3) is 2.90. The predicted molar refractivity (Wildman–Crippen MR) is 107 cm³/mol. The van der Waals surface area contributed by atoms with Crippen molar-refractivity contribution in [3.05, 3.63) is 48.4 Å². The number of aromatic nitrogens is 2. The van der Waals surface area contributed by atoms with Gasteiger partial charge in [0.05, 0.1) is 32.5 Å². The zero-order valence-electron chi connectivity index (χ0n) is 15.6. The van der Waals surface area contributed by atoms with Crippen LogP contribution in [-0.2, 0) is 0 Å². The lowest BCUT2D eigenvalue weighted by Crippen LogP contribution is -1.97. The smallest absolute Gasteiger partial charge is 0.162 e. The van der Waals surface area contributed by atoms with Crippen LogP contribution in [-0.4, -0.2) is 31.3 Å². The second kappa shape index (κ2) is 6.84. The van der Waals surface area contributed by atoms with Gasteiger partial charge < -0.3 is 19.9 Å². The van der Waals surface area contributed by atoms with Crippen LogP contribution in [0.1, 0.15) is 0 Å². The Morgan fingerprint density at radius 1 is 0.821 bits per heavy atom. The molecule has 0 saturated heterocycles. The molecular formula is C21H18FN3O3. The summed E-state index contributed by atoms with van der Waals surface area (Å²) in [5, 5.41) is 2.36. The summed E-state index contributed by atoms with van der Waals surface area (Å²) >= 11 is 0. The van der Waals surface area contributed by atoms with E-state index in [1.165, 1.54) is 19.2 Å². The summed E-state index contributed by atoms with van der Waals surface area (Å²) in [7, 11) is 4.63. The van der Waals surface area contributed by atoms with Gasteiger partial charge in [0.15, 0.2) is 11.5 Å². The van der Waals surface area contributed by atoms with Crippen molar-refractivity contribution in [3.63, 3.8) is 0 Å². The van der Waals surface area contributed by atoms with Crippen LogP contribution in [0.15, 0.2) is 42.6 Å². The molecule has 6 nitrogen and oxygen atoms in total. The molecule has 0 fully saturated rings. The van der Waals surface area contributed by atoms with Gasteiger partial charge in [-0.2, -0.15) is 0 Å². The molecule has 0 atom stereocenters. The van der Waals surface area contributed by atoms with Crippen molar-refractivity contribution in [1.82, 2.24) is 9.97 Å². The number of fused-ring (bicyclic) bond motifs is 3. The Balaban J connectivity index is 2.03. The van der Waals surface area contributed by atoms with E-state index in [0.717, 1.165) is 16.3 Å². The normalized spacial score (nSPS) is 11.0. The van der Waals surface area contributed by atoms with Crippen molar-refractivity contribution in [3.8, 4) is 28.5 Å². The first-order valence-corrected chi connectivity index (χ1v) is 8.50. The van der Waals surface area contributed by atoms with Gasteiger partial charge >= 0.3 is 0 Å². The summed E-state index contributed by atoms with van der Waals surface area (Å²) in [6.45, 7) is 0. The first-order valence-electron chi connectivity index (χ1n) is 8.50. The lowest BCUT2D eigenvalue weighted by molar-refractivity contribution is 0.356. The van der Waals surface area contributed by atoms with Crippen molar-refractivity contribution in [2.45, 2.75) is 0 Å². The molecule has 0 saturated carbocycles. The van der Waals surface area contributed by atoms with Gasteiger partial charge in [-0.25, -0.2) is 9.37 Å². The van der Waals surface area contributed by atoms with E-state index in [-0.39, 0.29) is 0 Å². The molecule has 0 bridgehead atoms. The zero-order chi connectivity index (χ0) is 19.8. The molecule has 142 valence electrons. The number of nitrogens with two attached hydrogens (primary N) is 1. The molecule has 0 aliphatic rings. The number of anilines is 1. The Kier molecular flexibility index (Phi) is 4.35. The Labute approximate surface area is 160 Å². The van der Waals surface area contributed by atoms with E-state index in [0.29, 0.717) is 39.7 Å². The number of methoxy groups -OCH3 is 3. The largest absolute Gasteiger partial charge is 0.497 e. The van der Waals surface area contributed by atoms with Gasteiger partial charge in [0.1, 0.15) is 17.4 Å². The summed E-state index contributed by atoms with van der Waals surface area (Å²) in [6, 6.07) is 9.92. The third-order valence-corrected chi connectivity index (χ3v) is 4.62. The molecule has 0 spiro atoms. The molecule has 2 heterocycles. The average molecular weight is 379 g/mol. The molecule has 0 aliphatic heterocycles. The molecule has 2 aromatic carbocycles. The van der Waals surface area contributed by atoms with Crippen LogP contribution in [0.25, 0.3) is 32.9 Å². The lowest BCUT2D eigenvalue weighted by Gasteiger charge is -2.12. The van der Waals surface area contributed by atoms with Gasteiger partial charge in [-0.05, 0) is 29.7 Å². The van der Waals surface area contributed by atoms with Crippen LogP contribution in [0.4, 0.5) is 10.2 Å². The van der Waals surface area contributed by atoms with Gasteiger partial charge in [-0.3, -0.25) is 4.98 Å². The van der Waals surface area contributed by atoms with E-state index in [2.05, 4.69) is 9.97 Å². The van der Waals surface area contributed by atoms with E-state index in [1.54, 1.807) is 32.5 Å². The molecule has 7 heteroatoms. The van der Waals surface area contributed by atoms with Crippen LogP contribution in [0, 0.1) is 5.82 Å². The van der Waals surface area contributed by atoms with Gasteiger partial charge in [0.25, 0.3) is 0 Å². The van der Waals surface area contributed by atoms with Gasteiger partial charge in [-0.15, -0.1) is 0 Å². The Morgan fingerprint density at radius 3 is 2.29 bits per heavy atom. The monoisotopic (exact) mass is 379 g/mol. The quantitative estimate of drug-likeness (QED) is 0.536. The molecular weight excluding hydrogens is 361 g/mol. The number of benzene rings is 2. The minimum absolute atomic E-state index is 0.305. The van der Waals surface area contributed by atoms with Gasteiger partial charge in [0.2, 0.25) is 0 Å². The molecule has 0 radical (unpaired) electrons. The number of rotatable bonds is 4. The van der Waals surface area contributed by atoms with E-state index < -0.39 is 5.82 Å². The second-order valence-corrected chi connectivity index (χ2v) is 6.22. The van der Waals surface area contributed by atoms with Crippen LogP contribution in [0.3, 0.4) is 0 Å². The van der Waals surface area contributed by atoms with Gasteiger partial charge in [-0.1, -0.05) is 0 Å². The molecule has 4 rings (SSSR count). The summed E-state index contributed by atoms with van der Waals surface area (Å²) in [5.41, 5.74) is 8.01. The third-order valence-electron chi connectivity index (χ3n) is 4.62. The molecule has 28 heavy (non-hydrogen) atoms. The number of hydrogen-bond donors (Lipinski definition) is 1.